The Hall–Kier alpha value is -2.52. The van der Waals surface area contributed by atoms with Gasteiger partial charge in [0.25, 0.3) is 5.91 Å². The fraction of sp³-hybridized carbons (Fsp3) is 0.167. The zero-order valence-electron chi connectivity index (χ0n) is 14.2. The Morgan fingerprint density at radius 3 is 2.67 bits per heavy atom. The van der Waals surface area contributed by atoms with Crippen molar-refractivity contribution in [3.63, 3.8) is 0 Å². The Kier molecular flexibility index (Phi) is 6.36. The molecule has 1 atom stereocenters. The van der Waals surface area contributed by atoms with Crippen LogP contribution in [0, 0.1) is 11.6 Å². The van der Waals surface area contributed by atoms with Crippen molar-refractivity contribution >= 4 is 34.1 Å². The average Bonchev–Trinajstić information content (AvgIpc) is 3.10. The molecule has 0 bridgehead atoms. The molecule has 3 rings (SSSR count). The van der Waals surface area contributed by atoms with Crippen molar-refractivity contribution in [3.05, 3.63) is 65.7 Å². The minimum Gasteiger partial charge on any atom is -0.481 e. The van der Waals surface area contributed by atoms with Crippen LogP contribution >= 0.6 is 23.1 Å². The summed E-state index contributed by atoms with van der Waals surface area (Å²) in [6, 6.07) is 11.9. The van der Waals surface area contributed by atoms with Gasteiger partial charge in [0, 0.05) is 5.75 Å². The first-order chi connectivity index (χ1) is 13.0. The maximum absolute atomic E-state index is 13.6. The van der Waals surface area contributed by atoms with E-state index in [2.05, 4.69) is 15.5 Å². The summed E-state index contributed by atoms with van der Waals surface area (Å²) in [5.74, 6) is -0.249. The third kappa shape index (κ3) is 5.48. The van der Waals surface area contributed by atoms with E-state index in [4.69, 9.17) is 4.74 Å². The van der Waals surface area contributed by atoms with E-state index in [-0.39, 0.29) is 11.6 Å². The molecular weight excluding hydrogens is 392 g/mol. The van der Waals surface area contributed by atoms with Gasteiger partial charge < -0.3 is 4.74 Å². The number of anilines is 1. The monoisotopic (exact) mass is 407 g/mol. The zero-order valence-corrected chi connectivity index (χ0v) is 15.8. The highest BCUT2D eigenvalue weighted by Gasteiger charge is 2.17. The molecule has 27 heavy (non-hydrogen) atoms. The molecule has 5 nitrogen and oxygen atoms in total. The van der Waals surface area contributed by atoms with Crippen molar-refractivity contribution in [2.75, 3.05) is 5.32 Å². The van der Waals surface area contributed by atoms with Crippen molar-refractivity contribution in [3.8, 4) is 5.75 Å². The maximum Gasteiger partial charge on any atom is 0.266 e. The normalized spacial score (nSPS) is 11.8. The lowest BCUT2D eigenvalue weighted by Gasteiger charge is -2.13. The van der Waals surface area contributed by atoms with E-state index in [0.29, 0.717) is 26.5 Å². The number of rotatable bonds is 7. The van der Waals surface area contributed by atoms with Crippen LogP contribution in [0.2, 0.25) is 0 Å². The Balaban J connectivity index is 1.52. The number of carbonyl (C=O) groups excluding carboxylic acids is 1. The summed E-state index contributed by atoms with van der Waals surface area (Å²) < 4.78 is 32.6. The van der Waals surface area contributed by atoms with Gasteiger partial charge in [-0.1, -0.05) is 41.3 Å². The Bertz CT molecular complexity index is 919. The van der Waals surface area contributed by atoms with Crippen molar-refractivity contribution in [1.29, 1.82) is 0 Å². The molecular formula is C18H15F2N3O2S2. The molecule has 0 fully saturated rings. The van der Waals surface area contributed by atoms with Crippen LogP contribution in [0.5, 0.6) is 5.75 Å². The van der Waals surface area contributed by atoms with E-state index in [1.807, 2.05) is 0 Å². The molecule has 1 N–H and O–H groups in total. The fourth-order valence-electron chi connectivity index (χ4n) is 2.05. The number of halogens is 2. The smallest absolute Gasteiger partial charge is 0.266 e. The highest BCUT2D eigenvalue weighted by Crippen LogP contribution is 2.29. The Morgan fingerprint density at radius 1 is 1.19 bits per heavy atom. The summed E-state index contributed by atoms with van der Waals surface area (Å²) in [5.41, 5.74) is 0.574. The largest absolute Gasteiger partial charge is 0.481 e. The van der Waals surface area contributed by atoms with E-state index < -0.39 is 12.0 Å². The number of carbonyl (C=O) groups is 1. The molecule has 0 saturated heterocycles. The van der Waals surface area contributed by atoms with Crippen LogP contribution in [-0.4, -0.2) is 22.2 Å². The second-order valence-electron chi connectivity index (χ2n) is 5.46. The van der Waals surface area contributed by atoms with Crippen molar-refractivity contribution in [2.45, 2.75) is 23.1 Å². The number of amides is 1. The van der Waals surface area contributed by atoms with Gasteiger partial charge in [0.2, 0.25) is 5.13 Å². The SMILES string of the molecule is CC(Oc1ccc(F)cc1)C(=O)Nc1nnc(SCc2ccccc2F)s1. The van der Waals surface area contributed by atoms with Crippen molar-refractivity contribution in [2.24, 2.45) is 0 Å². The van der Waals surface area contributed by atoms with Crippen LogP contribution in [-0.2, 0) is 10.5 Å². The molecule has 0 aliphatic rings. The molecule has 140 valence electrons. The third-order valence-corrected chi connectivity index (χ3v) is 5.46. The molecule has 1 unspecified atom stereocenters. The minimum absolute atomic E-state index is 0.269. The molecule has 0 aliphatic heterocycles. The van der Waals surface area contributed by atoms with Gasteiger partial charge in [0.15, 0.2) is 10.4 Å². The average molecular weight is 407 g/mol. The Morgan fingerprint density at radius 2 is 1.93 bits per heavy atom. The zero-order chi connectivity index (χ0) is 19.2. The molecule has 9 heteroatoms. The number of nitrogens with one attached hydrogen (secondary N) is 1. The van der Waals surface area contributed by atoms with Gasteiger partial charge in [-0.05, 0) is 42.8 Å². The van der Waals surface area contributed by atoms with E-state index >= 15 is 0 Å². The summed E-state index contributed by atoms with van der Waals surface area (Å²) in [7, 11) is 0. The topological polar surface area (TPSA) is 64.1 Å². The van der Waals surface area contributed by atoms with Crippen LogP contribution < -0.4 is 10.1 Å². The summed E-state index contributed by atoms with van der Waals surface area (Å²) in [6.07, 6.45) is -0.797. The number of thioether (sulfide) groups is 1. The molecule has 0 aliphatic carbocycles. The molecule has 1 aromatic heterocycles. The van der Waals surface area contributed by atoms with E-state index in [1.165, 1.54) is 53.4 Å². The third-order valence-electron chi connectivity index (χ3n) is 3.44. The first-order valence-electron chi connectivity index (χ1n) is 7.94. The van der Waals surface area contributed by atoms with Gasteiger partial charge in [-0.15, -0.1) is 10.2 Å². The van der Waals surface area contributed by atoms with Gasteiger partial charge in [0.05, 0.1) is 0 Å². The fourth-order valence-corrected chi connectivity index (χ4v) is 3.79. The second-order valence-corrected chi connectivity index (χ2v) is 7.66. The van der Waals surface area contributed by atoms with Crippen LogP contribution in [0.25, 0.3) is 0 Å². The summed E-state index contributed by atoms with van der Waals surface area (Å²) >= 11 is 2.53. The first-order valence-corrected chi connectivity index (χ1v) is 9.74. The lowest BCUT2D eigenvalue weighted by molar-refractivity contribution is -0.122. The van der Waals surface area contributed by atoms with Gasteiger partial charge in [-0.2, -0.15) is 0 Å². The van der Waals surface area contributed by atoms with Crippen LogP contribution in [0.15, 0.2) is 52.9 Å². The quantitative estimate of drug-likeness (QED) is 0.461. The van der Waals surface area contributed by atoms with E-state index in [1.54, 1.807) is 25.1 Å². The highest BCUT2D eigenvalue weighted by atomic mass is 32.2. The molecule has 0 saturated carbocycles. The highest BCUT2D eigenvalue weighted by molar-refractivity contribution is 8.00. The number of benzene rings is 2. The van der Waals surface area contributed by atoms with E-state index in [0.717, 1.165) is 0 Å². The lowest BCUT2D eigenvalue weighted by atomic mass is 10.2. The molecule has 2 aromatic carbocycles. The van der Waals surface area contributed by atoms with Crippen LogP contribution in [0.4, 0.5) is 13.9 Å². The molecule has 3 aromatic rings. The van der Waals surface area contributed by atoms with Crippen LogP contribution in [0.1, 0.15) is 12.5 Å². The number of aromatic nitrogens is 2. The number of nitrogens with zero attached hydrogens (tertiary/aromatic N) is 2. The van der Waals surface area contributed by atoms with E-state index in [9.17, 15) is 13.6 Å². The number of hydrogen-bond acceptors (Lipinski definition) is 6. The summed E-state index contributed by atoms with van der Waals surface area (Å²) in [4.78, 5) is 12.2. The second kappa shape index (κ2) is 8.92. The van der Waals surface area contributed by atoms with Crippen molar-refractivity contribution < 1.29 is 18.3 Å². The predicted molar refractivity (Wildman–Crippen MR) is 101 cm³/mol. The lowest BCUT2D eigenvalue weighted by Crippen LogP contribution is -2.30. The van der Waals surface area contributed by atoms with Crippen molar-refractivity contribution in [1.82, 2.24) is 10.2 Å². The molecule has 0 spiro atoms. The standard InChI is InChI=1S/C18H15F2N3O2S2/c1-11(25-14-8-6-13(19)7-9-14)16(24)21-17-22-23-18(27-17)26-10-12-4-2-3-5-15(12)20/h2-9,11H,10H2,1H3,(H,21,22,24). The van der Waals surface area contributed by atoms with Crippen LogP contribution in [0.3, 0.4) is 0 Å². The molecule has 0 radical (unpaired) electrons. The van der Waals surface area contributed by atoms with Gasteiger partial charge in [-0.25, -0.2) is 8.78 Å². The molecule has 1 amide bonds. The summed E-state index contributed by atoms with van der Waals surface area (Å²) in [6.45, 7) is 1.58. The first kappa shape index (κ1) is 19.2. The summed E-state index contributed by atoms with van der Waals surface area (Å²) in [5, 5.41) is 10.8. The minimum atomic E-state index is -0.797. The number of ether oxygens (including phenoxy) is 1. The Labute approximate surface area is 162 Å². The van der Waals surface area contributed by atoms with Gasteiger partial charge in [-0.3, -0.25) is 10.1 Å². The predicted octanol–water partition coefficient (Wildman–Crippen LogP) is 4.51. The van der Waals surface area contributed by atoms with Gasteiger partial charge in [0.1, 0.15) is 17.4 Å². The van der Waals surface area contributed by atoms with Gasteiger partial charge >= 0.3 is 0 Å². The number of hydrogen-bond donors (Lipinski definition) is 1. The molecule has 1 heterocycles. The maximum atomic E-state index is 13.6.